The van der Waals surface area contributed by atoms with Crippen LogP contribution in [0.15, 0.2) is 65.6 Å². The molecule has 2 aliphatic rings. The Morgan fingerprint density at radius 3 is 2.35 bits per heavy atom. The molecule has 2 amide bonds. The van der Waals surface area contributed by atoms with Crippen LogP contribution in [0.5, 0.6) is 11.5 Å². The fourth-order valence-electron chi connectivity index (χ4n) is 4.43. The van der Waals surface area contributed by atoms with Gasteiger partial charge in [-0.15, -0.1) is 18.2 Å². The van der Waals surface area contributed by atoms with Crippen molar-refractivity contribution in [2.75, 3.05) is 10.7 Å². The largest absolute Gasteiger partial charge is 0.457 e. The molecule has 0 bridgehead atoms. The number of nitrogens with one attached hydrogen (secondary N) is 1. The number of amides is 2. The second kappa shape index (κ2) is 11.3. The van der Waals surface area contributed by atoms with Crippen LogP contribution < -0.4 is 15.0 Å². The van der Waals surface area contributed by atoms with Crippen molar-refractivity contribution in [3.8, 4) is 23.8 Å². The maximum atomic E-state index is 13.6. The Labute approximate surface area is 205 Å². The third kappa shape index (κ3) is 5.84. The average Bonchev–Trinajstić information content (AvgIpc) is 3.29. The highest BCUT2D eigenvalue weighted by Gasteiger charge is 2.37. The lowest BCUT2D eigenvalue weighted by Crippen LogP contribution is -2.52. The lowest BCUT2D eigenvalue weighted by molar-refractivity contribution is -0.124. The predicted molar refractivity (Wildman–Crippen MR) is 138 cm³/mol. The van der Waals surface area contributed by atoms with Crippen molar-refractivity contribution < 1.29 is 14.3 Å². The standard InChI is InChI=1S/C28H30N2O3S/c1-3-26(31)30(22-14-16-24(17-15-22)33-23-12-8-5-9-13-23)27(25-18-20(2)19-34-25)28(32)29-21-10-6-4-7-11-21/h1,5,8-9,12-18,20-21,27H,4,6-7,10-11,19H2,2H3,(H,29,32). The molecule has 1 aliphatic carbocycles. The number of para-hydroxylation sites is 1. The van der Waals surface area contributed by atoms with E-state index in [1.807, 2.05) is 30.3 Å². The van der Waals surface area contributed by atoms with Gasteiger partial charge in [0.2, 0.25) is 5.91 Å². The van der Waals surface area contributed by atoms with Crippen molar-refractivity contribution in [2.24, 2.45) is 5.92 Å². The third-order valence-electron chi connectivity index (χ3n) is 6.13. The first-order chi connectivity index (χ1) is 16.5. The van der Waals surface area contributed by atoms with Gasteiger partial charge in [0.1, 0.15) is 17.5 Å². The highest BCUT2D eigenvalue weighted by molar-refractivity contribution is 8.03. The Morgan fingerprint density at radius 1 is 1.06 bits per heavy atom. The van der Waals surface area contributed by atoms with Crippen molar-refractivity contribution >= 4 is 29.3 Å². The van der Waals surface area contributed by atoms with Crippen LogP contribution in [-0.2, 0) is 9.59 Å². The highest BCUT2D eigenvalue weighted by atomic mass is 32.2. The molecule has 0 spiro atoms. The summed E-state index contributed by atoms with van der Waals surface area (Å²) in [5.41, 5.74) is 0.563. The van der Waals surface area contributed by atoms with Crippen molar-refractivity contribution in [3.63, 3.8) is 0 Å². The first-order valence-corrected chi connectivity index (χ1v) is 12.8. The highest BCUT2D eigenvalue weighted by Crippen LogP contribution is 2.36. The summed E-state index contributed by atoms with van der Waals surface area (Å²) in [6.07, 6.45) is 13.0. The van der Waals surface area contributed by atoms with E-state index < -0.39 is 11.9 Å². The molecule has 1 N–H and O–H groups in total. The zero-order valence-corrected chi connectivity index (χ0v) is 20.2. The number of thioether (sulfide) groups is 1. The van der Waals surface area contributed by atoms with Gasteiger partial charge in [0, 0.05) is 22.4 Å². The van der Waals surface area contributed by atoms with Gasteiger partial charge in [-0.3, -0.25) is 14.5 Å². The number of ether oxygens (including phenoxy) is 1. The van der Waals surface area contributed by atoms with E-state index in [2.05, 4.69) is 24.2 Å². The minimum absolute atomic E-state index is 0.137. The van der Waals surface area contributed by atoms with E-state index in [4.69, 9.17) is 11.2 Å². The zero-order valence-electron chi connectivity index (χ0n) is 19.4. The number of anilines is 1. The van der Waals surface area contributed by atoms with Crippen LogP contribution in [0.4, 0.5) is 5.69 Å². The van der Waals surface area contributed by atoms with E-state index in [9.17, 15) is 9.59 Å². The molecule has 2 aromatic rings. The van der Waals surface area contributed by atoms with Crippen LogP contribution in [0, 0.1) is 18.3 Å². The smallest absolute Gasteiger partial charge is 0.303 e. The summed E-state index contributed by atoms with van der Waals surface area (Å²) in [7, 11) is 0. The molecule has 0 radical (unpaired) electrons. The summed E-state index contributed by atoms with van der Waals surface area (Å²) in [5, 5.41) is 3.20. The summed E-state index contributed by atoms with van der Waals surface area (Å²) in [6.45, 7) is 2.11. The quantitative estimate of drug-likeness (QED) is 0.536. The van der Waals surface area contributed by atoms with Gasteiger partial charge in [0.05, 0.1) is 0 Å². The van der Waals surface area contributed by atoms with Crippen LogP contribution in [0.1, 0.15) is 39.0 Å². The van der Waals surface area contributed by atoms with E-state index in [1.165, 1.54) is 11.3 Å². The van der Waals surface area contributed by atoms with Gasteiger partial charge in [-0.25, -0.2) is 0 Å². The number of terminal acetylenes is 1. The Morgan fingerprint density at radius 2 is 1.74 bits per heavy atom. The topological polar surface area (TPSA) is 58.6 Å². The normalized spacial score (nSPS) is 18.9. The summed E-state index contributed by atoms with van der Waals surface area (Å²) >= 11 is 1.62. The molecular formula is C28H30N2O3S. The Bertz CT molecular complexity index is 1070. The van der Waals surface area contributed by atoms with Crippen LogP contribution in [0.3, 0.4) is 0 Å². The molecular weight excluding hydrogens is 444 g/mol. The molecule has 1 aliphatic heterocycles. The van der Waals surface area contributed by atoms with Gasteiger partial charge >= 0.3 is 5.91 Å². The second-order valence-corrected chi connectivity index (χ2v) is 9.93. The van der Waals surface area contributed by atoms with Crippen LogP contribution >= 0.6 is 11.8 Å². The van der Waals surface area contributed by atoms with E-state index in [0.29, 0.717) is 17.4 Å². The first kappa shape index (κ1) is 24.0. The molecule has 2 aromatic carbocycles. The van der Waals surface area contributed by atoms with Crippen LogP contribution in [0.2, 0.25) is 0 Å². The molecule has 2 atom stereocenters. The minimum Gasteiger partial charge on any atom is -0.457 e. The molecule has 5 nitrogen and oxygen atoms in total. The zero-order chi connectivity index (χ0) is 23.9. The Kier molecular flexibility index (Phi) is 7.97. The molecule has 4 rings (SSSR count). The fourth-order valence-corrected chi connectivity index (χ4v) is 5.68. The van der Waals surface area contributed by atoms with Gasteiger partial charge in [0.15, 0.2) is 0 Å². The maximum absolute atomic E-state index is 13.6. The maximum Gasteiger partial charge on any atom is 0.303 e. The molecule has 34 heavy (non-hydrogen) atoms. The number of rotatable bonds is 7. The van der Waals surface area contributed by atoms with Gasteiger partial charge in [-0.2, -0.15) is 0 Å². The lowest BCUT2D eigenvalue weighted by atomic mass is 9.95. The number of carbonyl (C=O) groups is 2. The van der Waals surface area contributed by atoms with Crippen molar-refractivity contribution in [2.45, 2.75) is 51.1 Å². The molecule has 0 aromatic heterocycles. The minimum atomic E-state index is -0.790. The molecule has 2 unspecified atom stereocenters. The number of hydrogen-bond donors (Lipinski definition) is 1. The third-order valence-corrected chi connectivity index (χ3v) is 7.51. The van der Waals surface area contributed by atoms with Crippen LogP contribution in [-0.4, -0.2) is 29.7 Å². The van der Waals surface area contributed by atoms with Crippen molar-refractivity contribution in [1.29, 1.82) is 0 Å². The van der Waals surface area contributed by atoms with E-state index in [1.54, 1.807) is 36.0 Å². The number of nitrogens with zero attached hydrogens (tertiary/aromatic N) is 1. The van der Waals surface area contributed by atoms with Gasteiger partial charge in [0.25, 0.3) is 0 Å². The molecule has 1 heterocycles. The van der Waals surface area contributed by atoms with Gasteiger partial charge in [-0.05, 0) is 61.1 Å². The number of benzene rings is 2. The SMILES string of the molecule is C#CC(=O)N(c1ccc(Oc2ccccc2)cc1)C(C(=O)NC1CCCCC1)C1=CC(C)CS1. The molecule has 0 saturated heterocycles. The summed E-state index contributed by atoms with van der Waals surface area (Å²) in [6, 6.07) is 15.9. The molecule has 1 fully saturated rings. The predicted octanol–water partition coefficient (Wildman–Crippen LogP) is 5.53. The van der Waals surface area contributed by atoms with Gasteiger partial charge in [-0.1, -0.05) is 50.5 Å². The molecule has 6 heteroatoms. The second-order valence-electron chi connectivity index (χ2n) is 8.83. The summed E-state index contributed by atoms with van der Waals surface area (Å²) < 4.78 is 5.88. The Hall–Kier alpha value is -3.17. The molecule has 176 valence electrons. The average molecular weight is 475 g/mol. The molecule has 1 saturated carbocycles. The van der Waals surface area contributed by atoms with E-state index in [0.717, 1.165) is 42.1 Å². The number of carbonyl (C=O) groups excluding carboxylic acids is 2. The van der Waals surface area contributed by atoms with Crippen molar-refractivity contribution in [1.82, 2.24) is 5.32 Å². The van der Waals surface area contributed by atoms with E-state index in [-0.39, 0.29) is 11.9 Å². The summed E-state index contributed by atoms with van der Waals surface area (Å²) in [4.78, 5) is 28.9. The Balaban J connectivity index is 1.62. The lowest BCUT2D eigenvalue weighted by Gasteiger charge is -2.32. The van der Waals surface area contributed by atoms with E-state index >= 15 is 0 Å². The van der Waals surface area contributed by atoms with Gasteiger partial charge < -0.3 is 10.1 Å². The van der Waals surface area contributed by atoms with Crippen molar-refractivity contribution in [3.05, 3.63) is 65.6 Å². The monoisotopic (exact) mass is 474 g/mol. The number of allylic oxidation sites excluding steroid dienone is 1. The van der Waals surface area contributed by atoms with Crippen LogP contribution in [0.25, 0.3) is 0 Å². The fraction of sp³-hybridized carbons (Fsp3) is 0.357. The number of hydrogen-bond acceptors (Lipinski definition) is 4. The summed E-state index contributed by atoms with van der Waals surface area (Å²) in [5.74, 6) is 4.08. The first-order valence-electron chi connectivity index (χ1n) is 11.8.